The van der Waals surface area contributed by atoms with Crippen molar-refractivity contribution in [2.75, 3.05) is 4.90 Å². The zero-order valence-corrected chi connectivity index (χ0v) is 18.6. The number of anilines is 3. The van der Waals surface area contributed by atoms with Crippen molar-refractivity contribution in [3.63, 3.8) is 0 Å². The van der Waals surface area contributed by atoms with E-state index >= 15 is 0 Å². The molecule has 0 amide bonds. The summed E-state index contributed by atoms with van der Waals surface area (Å²) in [7, 11) is 0. The van der Waals surface area contributed by atoms with Crippen molar-refractivity contribution in [3.8, 4) is 0 Å². The first-order valence-electron chi connectivity index (χ1n) is 10.3. The van der Waals surface area contributed by atoms with E-state index in [4.69, 9.17) is 11.6 Å². The second kappa shape index (κ2) is 8.79. The van der Waals surface area contributed by atoms with Crippen molar-refractivity contribution < 1.29 is 4.79 Å². The molecule has 0 aliphatic rings. The number of rotatable bonds is 5. The third-order valence-electron chi connectivity index (χ3n) is 5.43. The molecular formula is C28H24ClNO. The van der Waals surface area contributed by atoms with Crippen molar-refractivity contribution in [1.29, 1.82) is 0 Å². The molecule has 2 nitrogen and oxygen atoms in total. The van der Waals surface area contributed by atoms with Gasteiger partial charge in [0.2, 0.25) is 0 Å². The van der Waals surface area contributed by atoms with Crippen LogP contribution in [0.4, 0.5) is 17.1 Å². The van der Waals surface area contributed by atoms with E-state index in [1.807, 2.05) is 49.4 Å². The van der Waals surface area contributed by atoms with Gasteiger partial charge in [0, 0.05) is 28.2 Å². The summed E-state index contributed by atoms with van der Waals surface area (Å²) in [4.78, 5) is 15.2. The standard InChI is InChI=1S/C28H24ClNO/c1-19-8-12-22(13-9-19)30(23-14-10-20(2)11-15-23)24-16-17-26(27(29)18-24)28(31)25-7-5-4-6-21(25)3/h4-18H,1-3H3. The van der Waals surface area contributed by atoms with Crippen LogP contribution >= 0.6 is 11.6 Å². The SMILES string of the molecule is Cc1ccc(N(c2ccc(C)cc2)c2ccc(C(=O)c3ccccc3C)c(Cl)c2)cc1. The number of carbonyl (C=O) groups excluding carboxylic acids is 1. The van der Waals surface area contributed by atoms with Gasteiger partial charge < -0.3 is 4.90 Å². The van der Waals surface area contributed by atoms with Crippen LogP contribution in [0.3, 0.4) is 0 Å². The summed E-state index contributed by atoms with van der Waals surface area (Å²) in [6.45, 7) is 6.08. The van der Waals surface area contributed by atoms with Crippen molar-refractivity contribution in [2.45, 2.75) is 20.8 Å². The molecule has 0 N–H and O–H groups in total. The summed E-state index contributed by atoms with van der Waals surface area (Å²) in [5, 5.41) is 0.440. The molecular weight excluding hydrogens is 402 g/mol. The second-order valence-electron chi connectivity index (χ2n) is 7.81. The van der Waals surface area contributed by atoms with E-state index in [0.29, 0.717) is 16.1 Å². The first-order valence-corrected chi connectivity index (χ1v) is 10.7. The van der Waals surface area contributed by atoms with Gasteiger partial charge in [0.15, 0.2) is 5.78 Å². The molecule has 0 heterocycles. The number of hydrogen-bond donors (Lipinski definition) is 0. The highest BCUT2D eigenvalue weighted by atomic mass is 35.5. The fraction of sp³-hybridized carbons (Fsp3) is 0.107. The predicted octanol–water partition coefficient (Wildman–Crippen LogP) is 7.97. The fourth-order valence-corrected chi connectivity index (χ4v) is 3.90. The number of aryl methyl sites for hydroxylation is 3. The molecule has 4 aromatic rings. The van der Waals surface area contributed by atoms with E-state index in [-0.39, 0.29) is 5.78 Å². The third-order valence-corrected chi connectivity index (χ3v) is 5.74. The average molecular weight is 426 g/mol. The van der Waals surface area contributed by atoms with E-state index in [0.717, 1.165) is 22.6 Å². The topological polar surface area (TPSA) is 20.3 Å². The highest BCUT2D eigenvalue weighted by Crippen LogP contribution is 2.37. The number of nitrogens with zero attached hydrogens (tertiary/aromatic N) is 1. The lowest BCUT2D eigenvalue weighted by Crippen LogP contribution is -2.11. The predicted molar refractivity (Wildman–Crippen MR) is 130 cm³/mol. The summed E-state index contributed by atoms with van der Waals surface area (Å²) in [6, 6.07) is 30.0. The van der Waals surface area contributed by atoms with Gasteiger partial charge in [-0.3, -0.25) is 4.79 Å². The van der Waals surface area contributed by atoms with E-state index in [1.54, 1.807) is 0 Å². The van der Waals surface area contributed by atoms with Crippen molar-refractivity contribution in [3.05, 3.63) is 124 Å². The zero-order valence-electron chi connectivity index (χ0n) is 17.9. The minimum Gasteiger partial charge on any atom is -0.310 e. The summed E-state index contributed by atoms with van der Waals surface area (Å²) in [5.74, 6) is -0.0631. The number of ketones is 1. The van der Waals surface area contributed by atoms with E-state index in [9.17, 15) is 4.79 Å². The van der Waals surface area contributed by atoms with Gasteiger partial charge in [-0.05, 0) is 68.8 Å². The second-order valence-corrected chi connectivity index (χ2v) is 8.22. The fourth-order valence-electron chi connectivity index (χ4n) is 3.63. The Morgan fingerprint density at radius 1 is 0.645 bits per heavy atom. The lowest BCUT2D eigenvalue weighted by molar-refractivity contribution is 0.103. The minimum absolute atomic E-state index is 0.0631. The van der Waals surface area contributed by atoms with Gasteiger partial charge in [-0.2, -0.15) is 0 Å². The maximum atomic E-state index is 13.1. The molecule has 31 heavy (non-hydrogen) atoms. The number of hydrogen-bond acceptors (Lipinski definition) is 2. The lowest BCUT2D eigenvalue weighted by Gasteiger charge is -2.26. The van der Waals surface area contributed by atoms with E-state index in [1.165, 1.54) is 11.1 Å². The van der Waals surface area contributed by atoms with Crippen LogP contribution < -0.4 is 4.90 Å². The molecule has 0 spiro atoms. The van der Waals surface area contributed by atoms with E-state index < -0.39 is 0 Å². The van der Waals surface area contributed by atoms with Crippen LogP contribution in [0.5, 0.6) is 0 Å². The maximum absolute atomic E-state index is 13.1. The Morgan fingerprint density at radius 2 is 1.16 bits per heavy atom. The lowest BCUT2D eigenvalue weighted by atomic mass is 9.98. The zero-order chi connectivity index (χ0) is 22.0. The molecule has 0 aromatic heterocycles. The highest BCUT2D eigenvalue weighted by molar-refractivity contribution is 6.35. The van der Waals surface area contributed by atoms with Crippen LogP contribution in [0.15, 0.2) is 91.0 Å². The van der Waals surface area contributed by atoms with Crippen LogP contribution in [0.2, 0.25) is 5.02 Å². The number of halogens is 1. The first-order chi connectivity index (χ1) is 14.9. The Hall–Kier alpha value is -3.36. The first kappa shape index (κ1) is 20.9. The van der Waals surface area contributed by atoms with Crippen molar-refractivity contribution in [2.24, 2.45) is 0 Å². The highest BCUT2D eigenvalue weighted by Gasteiger charge is 2.18. The normalized spacial score (nSPS) is 10.7. The minimum atomic E-state index is -0.0631. The van der Waals surface area contributed by atoms with Crippen LogP contribution in [0, 0.1) is 20.8 Å². The van der Waals surface area contributed by atoms with Crippen LogP contribution in [0.25, 0.3) is 0 Å². The summed E-state index contributed by atoms with van der Waals surface area (Å²) >= 11 is 6.65. The van der Waals surface area contributed by atoms with Gasteiger partial charge in [0.05, 0.1) is 5.02 Å². The largest absolute Gasteiger partial charge is 0.310 e. The molecule has 4 rings (SSSR count). The third kappa shape index (κ3) is 4.40. The molecule has 0 bridgehead atoms. The van der Waals surface area contributed by atoms with Gasteiger partial charge in [0.1, 0.15) is 0 Å². The summed E-state index contributed by atoms with van der Waals surface area (Å²) in [6.07, 6.45) is 0. The average Bonchev–Trinajstić information content (AvgIpc) is 2.77. The van der Waals surface area contributed by atoms with Crippen LogP contribution in [-0.2, 0) is 0 Å². The van der Waals surface area contributed by atoms with Gasteiger partial charge in [-0.1, -0.05) is 71.3 Å². The summed E-state index contributed by atoms with van der Waals surface area (Å²) < 4.78 is 0. The molecule has 0 aliphatic heterocycles. The number of benzene rings is 4. The molecule has 0 saturated carbocycles. The van der Waals surface area contributed by atoms with Crippen molar-refractivity contribution in [1.82, 2.24) is 0 Å². The Bertz CT molecular complexity index is 1180. The van der Waals surface area contributed by atoms with Gasteiger partial charge in [-0.15, -0.1) is 0 Å². The molecule has 0 atom stereocenters. The smallest absolute Gasteiger partial charge is 0.194 e. The molecule has 0 unspecified atom stereocenters. The molecule has 3 heteroatoms. The maximum Gasteiger partial charge on any atom is 0.194 e. The molecule has 0 fully saturated rings. The Labute approximate surface area is 188 Å². The molecule has 4 aromatic carbocycles. The van der Waals surface area contributed by atoms with Crippen LogP contribution in [0.1, 0.15) is 32.6 Å². The Morgan fingerprint density at radius 3 is 1.68 bits per heavy atom. The monoisotopic (exact) mass is 425 g/mol. The van der Waals surface area contributed by atoms with Gasteiger partial charge in [0.25, 0.3) is 0 Å². The molecule has 154 valence electrons. The Kier molecular flexibility index (Phi) is 5.92. The molecule has 0 radical (unpaired) electrons. The van der Waals surface area contributed by atoms with Gasteiger partial charge >= 0.3 is 0 Å². The number of carbonyl (C=O) groups is 1. The summed E-state index contributed by atoms with van der Waals surface area (Å²) in [5.41, 5.74) is 7.48. The molecule has 0 aliphatic carbocycles. The Balaban J connectivity index is 1.78. The molecule has 0 saturated heterocycles. The van der Waals surface area contributed by atoms with Crippen LogP contribution in [-0.4, -0.2) is 5.78 Å². The van der Waals surface area contributed by atoms with Crippen molar-refractivity contribution >= 4 is 34.4 Å². The van der Waals surface area contributed by atoms with Gasteiger partial charge in [-0.25, -0.2) is 0 Å². The quantitative estimate of drug-likeness (QED) is 0.302. The van der Waals surface area contributed by atoms with E-state index in [2.05, 4.69) is 67.3 Å².